The summed E-state index contributed by atoms with van der Waals surface area (Å²) in [6, 6.07) is 9.73. The van der Waals surface area contributed by atoms with E-state index in [4.69, 9.17) is 14.6 Å². The molecular weight excluding hydrogens is 396 g/mol. The second kappa shape index (κ2) is 10.8. The summed E-state index contributed by atoms with van der Waals surface area (Å²) in [5.74, 6) is 0.725. The lowest BCUT2D eigenvalue weighted by molar-refractivity contribution is 0.0696. The Labute approximate surface area is 182 Å². The summed E-state index contributed by atoms with van der Waals surface area (Å²) in [6.07, 6.45) is 6.62. The highest BCUT2D eigenvalue weighted by Gasteiger charge is 2.22. The number of ketones is 1. The SMILES string of the molecule is Cc1c(OCCCCOc2ccc(C(=O)O)cc2)ccc(C(=O)CC2CCCC2)c1O. The van der Waals surface area contributed by atoms with Crippen molar-refractivity contribution < 1.29 is 29.3 Å². The Morgan fingerprint density at radius 3 is 2.26 bits per heavy atom. The van der Waals surface area contributed by atoms with Crippen LogP contribution in [0, 0.1) is 12.8 Å². The van der Waals surface area contributed by atoms with Crippen LogP contribution in [-0.4, -0.2) is 35.2 Å². The number of phenols is 1. The van der Waals surface area contributed by atoms with Crippen LogP contribution in [-0.2, 0) is 0 Å². The van der Waals surface area contributed by atoms with Gasteiger partial charge in [0.1, 0.15) is 17.2 Å². The summed E-state index contributed by atoms with van der Waals surface area (Å²) >= 11 is 0. The van der Waals surface area contributed by atoms with Crippen LogP contribution in [0.15, 0.2) is 36.4 Å². The molecule has 6 heteroatoms. The number of Topliss-reactive ketones (excluding diaryl/α,β-unsaturated/α-hetero) is 1. The Kier molecular flexibility index (Phi) is 7.93. The summed E-state index contributed by atoms with van der Waals surface area (Å²) in [5, 5.41) is 19.4. The van der Waals surface area contributed by atoms with Crippen molar-refractivity contribution in [1.82, 2.24) is 0 Å². The fourth-order valence-corrected chi connectivity index (χ4v) is 3.92. The molecule has 2 aromatic rings. The molecule has 0 unspecified atom stereocenters. The van der Waals surface area contributed by atoms with E-state index in [0.717, 1.165) is 25.7 Å². The third kappa shape index (κ3) is 6.23. The maximum atomic E-state index is 12.5. The fraction of sp³-hybridized carbons (Fsp3) is 0.440. The number of carboxylic acid groups (broad SMARTS) is 1. The average Bonchev–Trinajstić information content (AvgIpc) is 3.26. The molecule has 0 heterocycles. The number of hydrogen-bond acceptors (Lipinski definition) is 5. The van der Waals surface area contributed by atoms with Crippen LogP contribution in [0.4, 0.5) is 0 Å². The molecule has 1 aliphatic rings. The van der Waals surface area contributed by atoms with Gasteiger partial charge in [0.15, 0.2) is 5.78 Å². The first-order chi connectivity index (χ1) is 15.0. The molecule has 0 amide bonds. The number of carbonyl (C=O) groups excluding carboxylic acids is 1. The first-order valence-electron chi connectivity index (χ1n) is 10.9. The number of carboxylic acids is 1. The molecule has 1 aliphatic carbocycles. The van der Waals surface area contributed by atoms with Crippen molar-refractivity contribution in [3.05, 3.63) is 53.1 Å². The van der Waals surface area contributed by atoms with E-state index in [1.165, 1.54) is 25.0 Å². The van der Waals surface area contributed by atoms with E-state index in [9.17, 15) is 14.7 Å². The van der Waals surface area contributed by atoms with Gasteiger partial charge in [-0.25, -0.2) is 4.79 Å². The molecule has 0 saturated heterocycles. The van der Waals surface area contributed by atoms with Gasteiger partial charge >= 0.3 is 5.97 Å². The summed E-state index contributed by atoms with van der Waals surface area (Å²) in [7, 11) is 0. The van der Waals surface area contributed by atoms with Crippen molar-refractivity contribution in [3.63, 3.8) is 0 Å². The van der Waals surface area contributed by atoms with E-state index >= 15 is 0 Å². The number of unbranched alkanes of at least 4 members (excludes halogenated alkanes) is 1. The minimum atomic E-state index is -0.962. The maximum Gasteiger partial charge on any atom is 0.335 e. The van der Waals surface area contributed by atoms with Crippen molar-refractivity contribution in [2.45, 2.75) is 51.9 Å². The van der Waals surface area contributed by atoms with Gasteiger partial charge in [-0.05, 0) is 62.1 Å². The number of aromatic carboxylic acids is 1. The molecule has 2 N–H and O–H groups in total. The van der Waals surface area contributed by atoms with Gasteiger partial charge in [-0.1, -0.05) is 25.7 Å². The highest BCUT2D eigenvalue weighted by atomic mass is 16.5. The molecule has 1 saturated carbocycles. The Morgan fingerprint density at radius 1 is 0.968 bits per heavy atom. The Bertz CT molecular complexity index is 897. The maximum absolute atomic E-state index is 12.5. The lowest BCUT2D eigenvalue weighted by atomic mass is 9.95. The fourth-order valence-electron chi connectivity index (χ4n) is 3.92. The zero-order chi connectivity index (χ0) is 22.2. The number of carbonyl (C=O) groups is 2. The van der Waals surface area contributed by atoms with Crippen LogP contribution in [0.1, 0.15) is 71.2 Å². The van der Waals surface area contributed by atoms with Gasteiger partial charge < -0.3 is 19.7 Å². The quantitative estimate of drug-likeness (QED) is 0.369. The van der Waals surface area contributed by atoms with E-state index in [2.05, 4.69) is 0 Å². The van der Waals surface area contributed by atoms with Gasteiger partial charge in [-0.2, -0.15) is 0 Å². The van der Waals surface area contributed by atoms with Crippen LogP contribution in [0.2, 0.25) is 0 Å². The molecule has 1 fully saturated rings. The predicted octanol–water partition coefficient (Wildman–Crippen LogP) is 5.40. The predicted molar refractivity (Wildman–Crippen MR) is 117 cm³/mol. The smallest absolute Gasteiger partial charge is 0.335 e. The highest BCUT2D eigenvalue weighted by Crippen LogP contribution is 2.34. The Balaban J connectivity index is 1.41. The Morgan fingerprint density at radius 2 is 1.61 bits per heavy atom. The van der Waals surface area contributed by atoms with Crippen molar-refractivity contribution >= 4 is 11.8 Å². The number of rotatable bonds is 11. The molecule has 3 rings (SSSR count). The van der Waals surface area contributed by atoms with E-state index in [0.29, 0.717) is 48.2 Å². The standard InChI is InChI=1S/C25H30O6/c1-17-23(13-12-21(24(17)27)22(26)16-18-6-2-3-7-18)31-15-5-4-14-30-20-10-8-19(9-11-20)25(28)29/h8-13,18,27H,2-7,14-16H2,1H3,(H,28,29). The number of benzene rings is 2. The van der Waals surface area contributed by atoms with Crippen molar-refractivity contribution in [2.75, 3.05) is 13.2 Å². The second-order valence-corrected chi connectivity index (χ2v) is 8.10. The number of aromatic hydroxyl groups is 1. The summed E-state index contributed by atoms with van der Waals surface area (Å²) in [4.78, 5) is 23.4. The van der Waals surface area contributed by atoms with Gasteiger partial charge in [-0.3, -0.25) is 4.79 Å². The number of phenolic OH excluding ortho intramolecular Hbond substituents is 1. The van der Waals surface area contributed by atoms with Crippen molar-refractivity contribution in [1.29, 1.82) is 0 Å². The minimum Gasteiger partial charge on any atom is -0.507 e. The summed E-state index contributed by atoms with van der Waals surface area (Å²) < 4.78 is 11.4. The average molecular weight is 427 g/mol. The molecule has 0 bridgehead atoms. The number of ether oxygens (including phenoxy) is 2. The van der Waals surface area contributed by atoms with Gasteiger partial charge in [0, 0.05) is 12.0 Å². The molecule has 0 radical (unpaired) electrons. The van der Waals surface area contributed by atoms with Crippen LogP contribution < -0.4 is 9.47 Å². The first kappa shape index (κ1) is 22.7. The van der Waals surface area contributed by atoms with Crippen LogP contribution >= 0.6 is 0 Å². The van der Waals surface area contributed by atoms with Gasteiger partial charge in [0.2, 0.25) is 0 Å². The van der Waals surface area contributed by atoms with Crippen LogP contribution in [0.5, 0.6) is 17.2 Å². The topological polar surface area (TPSA) is 93.1 Å². The second-order valence-electron chi connectivity index (χ2n) is 8.10. The van der Waals surface area contributed by atoms with Crippen molar-refractivity contribution in [2.24, 2.45) is 5.92 Å². The summed E-state index contributed by atoms with van der Waals surface area (Å²) in [5.41, 5.74) is 1.21. The third-order valence-electron chi connectivity index (χ3n) is 5.80. The monoisotopic (exact) mass is 426 g/mol. The highest BCUT2D eigenvalue weighted by molar-refractivity contribution is 5.99. The molecule has 31 heavy (non-hydrogen) atoms. The van der Waals surface area contributed by atoms with E-state index in [-0.39, 0.29) is 17.1 Å². The van der Waals surface area contributed by atoms with E-state index in [1.54, 1.807) is 31.2 Å². The van der Waals surface area contributed by atoms with Crippen LogP contribution in [0.3, 0.4) is 0 Å². The lowest BCUT2D eigenvalue weighted by Gasteiger charge is -2.14. The third-order valence-corrected chi connectivity index (χ3v) is 5.80. The van der Waals surface area contributed by atoms with Gasteiger partial charge in [-0.15, -0.1) is 0 Å². The van der Waals surface area contributed by atoms with Crippen LogP contribution in [0.25, 0.3) is 0 Å². The molecule has 0 spiro atoms. The molecule has 0 atom stereocenters. The lowest BCUT2D eigenvalue weighted by Crippen LogP contribution is -2.08. The zero-order valence-electron chi connectivity index (χ0n) is 17.9. The molecule has 6 nitrogen and oxygen atoms in total. The molecule has 0 aromatic heterocycles. The first-order valence-corrected chi connectivity index (χ1v) is 10.9. The molecule has 0 aliphatic heterocycles. The normalized spacial score (nSPS) is 13.8. The Hall–Kier alpha value is -3.02. The zero-order valence-corrected chi connectivity index (χ0v) is 17.9. The van der Waals surface area contributed by atoms with Crippen molar-refractivity contribution in [3.8, 4) is 17.2 Å². The molecule has 2 aromatic carbocycles. The largest absolute Gasteiger partial charge is 0.507 e. The van der Waals surface area contributed by atoms with Gasteiger partial charge in [0.25, 0.3) is 0 Å². The number of hydrogen-bond donors (Lipinski definition) is 2. The molecule has 166 valence electrons. The van der Waals surface area contributed by atoms with E-state index in [1.807, 2.05) is 0 Å². The van der Waals surface area contributed by atoms with Gasteiger partial charge in [0.05, 0.1) is 24.3 Å². The molecular formula is C25H30O6. The minimum absolute atomic E-state index is 0.00702. The van der Waals surface area contributed by atoms with E-state index < -0.39 is 5.97 Å². The summed E-state index contributed by atoms with van der Waals surface area (Å²) in [6.45, 7) is 2.73.